The minimum absolute atomic E-state index is 0.0286. The van der Waals surface area contributed by atoms with Crippen LogP contribution in [0.25, 0.3) is 5.52 Å². The zero-order valence-electron chi connectivity index (χ0n) is 12.4. The summed E-state index contributed by atoms with van der Waals surface area (Å²) in [5.74, 6) is -0.182. The molecule has 3 rings (SSSR count). The van der Waals surface area contributed by atoms with Gasteiger partial charge in [0.25, 0.3) is 5.91 Å². The van der Waals surface area contributed by atoms with Crippen LogP contribution in [-0.4, -0.2) is 58.7 Å². The largest absolute Gasteiger partial charge is 0.373 e. The maximum Gasteiger partial charge on any atom is 0.270 e. The summed E-state index contributed by atoms with van der Waals surface area (Å²) in [5, 5.41) is 6.99. The Balaban J connectivity index is 1.63. The zero-order chi connectivity index (χ0) is 15.5. The quantitative estimate of drug-likeness (QED) is 0.885. The first-order chi connectivity index (χ1) is 10.6. The lowest BCUT2D eigenvalue weighted by atomic mass is 10.2. The second kappa shape index (κ2) is 6.15. The molecule has 7 nitrogen and oxygen atoms in total. The van der Waals surface area contributed by atoms with Crippen LogP contribution in [0, 0.1) is 0 Å². The molecule has 0 saturated carbocycles. The van der Waals surface area contributed by atoms with Crippen molar-refractivity contribution in [1.29, 1.82) is 0 Å². The molecule has 1 aliphatic rings. The normalized spacial score (nSPS) is 18.4. The van der Waals surface area contributed by atoms with Gasteiger partial charge in [0.05, 0.1) is 24.4 Å². The van der Waals surface area contributed by atoms with Gasteiger partial charge in [-0.05, 0) is 18.2 Å². The number of aromatic nitrogens is 2. The van der Waals surface area contributed by atoms with E-state index in [2.05, 4.69) is 10.4 Å². The van der Waals surface area contributed by atoms with Crippen molar-refractivity contribution in [3.8, 4) is 0 Å². The van der Waals surface area contributed by atoms with Crippen LogP contribution in [0.5, 0.6) is 0 Å². The van der Waals surface area contributed by atoms with Gasteiger partial charge >= 0.3 is 0 Å². The number of amides is 2. The van der Waals surface area contributed by atoms with Crippen molar-refractivity contribution in [1.82, 2.24) is 19.8 Å². The summed E-state index contributed by atoms with van der Waals surface area (Å²) in [7, 11) is 0. The number of pyridine rings is 1. The Labute approximate surface area is 127 Å². The molecule has 0 aromatic carbocycles. The number of hydrogen-bond acceptors (Lipinski definition) is 4. The first-order valence-electron chi connectivity index (χ1n) is 7.23. The molecule has 1 aliphatic heterocycles. The first-order valence-corrected chi connectivity index (χ1v) is 7.23. The molecule has 2 aromatic heterocycles. The Bertz CT molecular complexity index is 697. The Hall–Kier alpha value is -2.41. The molecule has 7 heteroatoms. The number of nitrogens with one attached hydrogen (secondary N) is 1. The molecule has 3 heterocycles. The molecule has 22 heavy (non-hydrogen) atoms. The number of ether oxygens (including phenoxy) is 1. The molecular weight excluding hydrogens is 284 g/mol. The van der Waals surface area contributed by atoms with Crippen LogP contribution >= 0.6 is 0 Å². The third-order valence-electron chi connectivity index (χ3n) is 3.73. The summed E-state index contributed by atoms with van der Waals surface area (Å²) in [5.41, 5.74) is 1.34. The van der Waals surface area contributed by atoms with Crippen molar-refractivity contribution in [2.24, 2.45) is 0 Å². The molecule has 1 fully saturated rings. The lowest BCUT2D eigenvalue weighted by Gasteiger charge is -2.32. The van der Waals surface area contributed by atoms with Crippen molar-refractivity contribution >= 4 is 17.3 Å². The van der Waals surface area contributed by atoms with Gasteiger partial charge in [0, 0.05) is 26.6 Å². The molecule has 0 aliphatic carbocycles. The summed E-state index contributed by atoms with van der Waals surface area (Å²) >= 11 is 0. The van der Waals surface area contributed by atoms with Gasteiger partial charge in [0.2, 0.25) is 5.91 Å². The summed E-state index contributed by atoms with van der Waals surface area (Å²) in [6.07, 6.45) is 1.47. The molecule has 0 bridgehead atoms. The monoisotopic (exact) mass is 302 g/mol. The highest BCUT2D eigenvalue weighted by Gasteiger charge is 2.23. The predicted molar refractivity (Wildman–Crippen MR) is 79.5 cm³/mol. The molecule has 0 radical (unpaired) electrons. The van der Waals surface area contributed by atoms with Crippen LogP contribution in [-0.2, 0) is 9.53 Å². The highest BCUT2D eigenvalue weighted by Crippen LogP contribution is 2.08. The summed E-state index contributed by atoms with van der Waals surface area (Å²) in [6, 6.07) is 7.27. The van der Waals surface area contributed by atoms with Crippen molar-refractivity contribution in [2.75, 3.05) is 26.2 Å². The summed E-state index contributed by atoms with van der Waals surface area (Å²) in [4.78, 5) is 25.4. The summed E-state index contributed by atoms with van der Waals surface area (Å²) in [6.45, 7) is 3.50. The van der Waals surface area contributed by atoms with E-state index in [1.807, 2.05) is 18.2 Å². The van der Waals surface area contributed by atoms with Gasteiger partial charge in [-0.2, -0.15) is 5.10 Å². The second-order valence-electron chi connectivity index (χ2n) is 5.25. The molecule has 2 amide bonds. The van der Waals surface area contributed by atoms with Crippen LogP contribution in [0.1, 0.15) is 17.4 Å². The van der Waals surface area contributed by atoms with E-state index in [1.54, 1.807) is 28.6 Å². The van der Waals surface area contributed by atoms with Gasteiger partial charge in [0.15, 0.2) is 0 Å². The van der Waals surface area contributed by atoms with Gasteiger partial charge in [-0.3, -0.25) is 9.59 Å². The predicted octanol–water partition coefficient (Wildman–Crippen LogP) is 0.311. The third kappa shape index (κ3) is 2.94. The topological polar surface area (TPSA) is 75.9 Å². The molecule has 2 aromatic rings. The lowest BCUT2D eigenvalue weighted by Crippen LogP contribution is -2.49. The van der Waals surface area contributed by atoms with E-state index in [-0.39, 0.29) is 17.9 Å². The minimum atomic E-state index is -0.210. The zero-order valence-corrected chi connectivity index (χ0v) is 12.4. The standard InChI is InChI=1S/C15H18N4O3/c1-11(20)18-7-8-22-13(10-18)9-16-15(21)14-4-2-3-12-5-6-17-19(12)14/h2-6,13H,7-10H2,1H3,(H,16,21). The van der Waals surface area contributed by atoms with Crippen molar-refractivity contribution < 1.29 is 14.3 Å². The number of carbonyl (C=O) groups excluding carboxylic acids is 2. The fourth-order valence-electron chi connectivity index (χ4n) is 2.55. The Morgan fingerprint density at radius 1 is 1.41 bits per heavy atom. The first kappa shape index (κ1) is 14.5. The molecule has 0 spiro atoms. The highest BCUT2D eigenvalue weighted by molar-refractivity contribution is 5.93. The van der Waals surface area contributed by atoms with Crippen LogP contribution in [0.3, 0.4) is 0 Å². The Kier molecular flexibility index (Phi) is 4.06. The van der Waals surface area contributed by atoms with Crippen LogP contribution in [0.4, 0.5) is 0 Å². The van der Waals surface area contributed by atoms with E-state index in [0.717, 1.165) is 5.52 Å². The molecule has 1 saturated heterocycles. The fourth-order valence-corrected chi connectivity index (χ4v) is 2.55. The van der Waals surface area contributed by atoms with Gasteiger partial charge < -0.3 is 15.0 Å². The number of morpholine rings is 1. The number of rotatable bonds is 3. The molecule has 1 unspecified atom stereocenters. The van der Waals surface area contributed by atoms with E-state index in [9.17, 15) is 9.59 Å². The van der Waals surface area contributed by atoms with E-state index in [4.69, 9.17) is 4.74 Å². The van der Waals surface area contributed by atoms with E-state index in [1.165, 1.54) is 0 Å². The second-order valence-corrected chi connectivity index (χ2v) is 5.25. The van der Waals surface area contributed by atoms with E-state index < -0.39 is 0 Å². The number of carbonyl (C=O) groups is 2. The number of nitrogens with zero attached hydrogens (tertiary/aromatic N) is 3. The average molecular weight is 302 g/mol. The maximum absolute atomic E-state index is 12.3. The smallest absolute Gasteiger partial charge is 0.270 e. The molecular formula is C15H18N4O3. The van der Waals surface area contributed by atoms with E-state index >= 15 is 0 Å². The highest BCUT2D eigenvalue weighted by atomic mass is 16.5. The van der Waals surface area contributed by atoms with Gasteiger partial charge in [-0.15, -0.1) is 0 Å². The van der Waals surface area contributed by atoms with Crippen molar-refractivity contribution in [3.05, 3.63) is 36.2 Å². The van der Waals surface area contributed by atoms with Gasteiger partial charge in [-0.25, -0.2) is 4.52 Å². The lowest BCUT2D eigenvalue weighted by molar-refractivity contribution is -0.136. The average Bonchev–Trinajstić information content (AvgIpc) is 3.01. The maximum atomic E-state index is 12.3. The Morgan fingerprint density at radius 2 is 2.27 bits per heavy atom. The van der Waals surface area contributed by atoms with Crippen LogP contribution in [0.2, 0.25) is 0 Å². The van der Waals surface area contributed by atoms with Crippen molar-refractivity contribution in [3.63, 3.8) is 0 Å². The summed E-state index contributed by atoms with van der Waals surface area (Å²) < 4.78 is 7.18. The number of hydrogen-bond donors (Lipinski definition) is 1. The van der Waals surface area contributed by atoms with Gasteiger partial charge in [-0.1, -0.05) is 6.07 Å². The molecule has 1 N–H and O–H groups in total. The van der Waals surface area contributed by atoms with Gasteiger partial charge in [0.1, 0.15) is 5.69 Å². The third-order valence-corrected chi connectivity index (χ3v) is 3.73. The minimum Gasteiger partial charge on any atom is -0.373 e. The number of fused-ring (bicyclic) bond motifs is 1. The van der Waals surface area contributed by atoms with Crippen LogP contribution < -0.4 is 5.32 Å². The Morgan fingerprint density at radius 3 is 3.09 bits per heavy atom. The fraction of sp³-hybridized carbons (Fsp3) is 0.400. The van der Waals surface area contributed by atoms with E-state index in [0.29, 0.717) is 31.9 Å². The van der Waals surface area contributed by atoms with Crippen molar-refractivity contribution in [2.45, 2.75) is 13.0 Å². The molecule has 1 atom stereocenters. The molecule has 116 valence electrons. The SMILES string of the molecule is CC(=O)N1CCOC(CNC(=O)c2cccc3ccnn23)C1. The van der Waals surface area contributed by atoms with Crippen LogP contribution in [0.15, 0.2) is 30.5 Å².